The summed E-state index contributed by atoms with van der Waals surface area (Å²) in [5.41, 5.74) is 0.280. The first-order valence-corrected chi connectivity index (χ1v) is 3.98. The molecule has 72 valence electrons. The second kappa shape index (κ2) is 4.20. The number of aliphatic hydroxyl groups is 2. The lowest BCUT2D eigenvalue weighted by atomic mass is 9.95. The minimum absolute atomic E-state index is 0.0871. The maximum Gasteiger partial charge on any atom is 0.303 e. The Morgan fingerprint density at radius 1 is 1.62 bits per heavy atom. The zero-order valence-electron chi connectivity index (χ0n) is 7.97. The summed E-state index contributed by atoms with van der Waals surface area (Å²) in [4.78, 5) is 10.3. The van der Waals surface area contributed by atoms with Gasteiger partial charge in [-0.1, -0.05) is 18.2 Å². The third-order valence-electron chi connectivity index (χ3n) is 1.85. The molecule has 0 spiro atoms. The second-order valence-electron chi connectivity index (χ2n) is 2.86. The van der Waals surface area contributed by atoms with Gasteiger partial charge in [-0.15, -0.1) is 0 Å². The lowest BCUT2D eigenvalue weighted by Crippen LogP contribution is -2.28. The van der Waals surface area contributed by atoms with Crippen LogP contribution in [0.5, 0.6) is 0 Å². The van der Waals surface area contributed by atoms with Crippen molar-refractivity contribution in [3.05, 3.63) is 23.8 Å². The Bertz CT molecular complexity index is 295. The molecule has 1 rings (SSSR count). The fourth-order valence-electron chi connectivity index (χ4n) is 1.11. The summed E-state index contributed by atoms with van der Waals surface area (Å²) >= 11 is 0. The third-order valence-corrected chi connectivity index (χ3v) is 1.85. The van der Waals surface area contributed by atoms with Gasteiger partial charge >= 0.3 is 5.97 Å². The molecule has 0 aliphatic heterocycles. The van der Waals surface area contributed by atoms with Gasteiger partial charge in [0.15, 0.2) is 0 Å². The highest BCUT2D eigenvalue weighted by atomic mass is 16.4. The maximum absolute atomic E-state index is 10.3. The van der Waals surface area contributed by atoms with Crippen molar-refractivity contribution in [3.63, 3.8) is 0 Å². The zero-order chi connectivity index (χ0) is 10.7. The van der Waals surface area contributed by atoms with Crippen molar-refractivity contribution in [3.8, 4) is 0 Å². The van der Waals surface area contributed by atoms with Crippen LogP contribution in [0.4, 0.5) is 0 Å². The van der Waals surface area contributed by atoms with Gasteiger partial charge in [-0.2, -0.15) is 0 Å². The molecule has 0 bridgehead atoms. The molecule has 4 nitrogen and oxygen atoms in total. The molecule has 0 fully saturated rings. The van der Waals surface area contributed by atoms with E-state index in [0.717, 1.165) is 0 Å². The van der Waals surface area contributed by atoms with Crippen molar-refractivity contribution in [1.82, 2.24) is 0 Å². The van der Waals surface area contributed by atoms with Crippen molar-refractivity contribution in [2.75, 3.05) is 0 Å². The van der Waals surface area contributed by atoms with Gasteiger partial charge < -0.3 is 15.3 Å². The lowest BCUT2D eigenvalue weighted by molar-refractivity contribution is -0.137. The highest BCUT2D eigenvalue weighted by Gasteiger charge is 2.20. The van der Waals surface area contributed by atoms with Gasteiger partial charge in [-0.05, 0) is 12.0 Å². The molecule has 0 aromatic heterocycles. The van der Waals surface area contributed by atoms with Gasteiger partial charge in [0.2, 0.25) is 0 Å². The van der Waals surface area contributed by atoms with Crippen LogP contribution in [0.3, 0.4) is 0 Å². The van der Waals surface area contributed by atoms with E-state index >= 15 is 0 Å². The lowest BCUT2D eigenvalue weighted by Gasteiger charge is -2.20. The number of hydrogen-bond donors (Lipinski definition) is 3. The first-order chi connectivity index (χ1) is 6.52. The van der Waals surface area contributed by atoms with Gasteiger partial charge in [0.25, 0.3) is 0 Å². The summed E-state index contributed by atoms with van der Waals surface area (Å²) < 4.78 is 7.42. The van der Waals surface area contributed by atoms with Crippen LogP contribution in [0.1, 0.15) is 14.2 Å². The predicted octanol–water partition coefficient (Wildman–Crippen LogP) is 0.0692. The largest absolute Gasteiger partial charge is 0.481 e. The summed E-state index contributed by atoms with van der Waals surface area (Å²) in [6.45, 7) is 0. The number of aliphatic carboxylic acids is 1. The topological polar surface area (TPSA) is 77.8 Å². The van der Waals surface area contributed by atoms with Crippen molar-refractivity contribution in [2.45, 2.75) is 25.0 Å². The van der Waals surface area contributed by atoms with E-state index in [2.05, 4.69) is 0 Å². The summed E-state index contributed by atoms with van der Waals surface area (Å²) in [5.74, 6) is -0.985. The quantitative estimate of drug-likeness (QED) is 0.581. The average molecular weight is 185 g/mol. The maximum atomic E-state index is 10.3. The number of hydrogen-bond acceptors (Lipinski definition) is 3. The normalized spacial score (nSPS) is 28.9. The predicted molar refractivity (Wildman–Crippen MR) is 46.1 cm³/mol. The first kappa shape index (κ1) is 8.47. The number of allylic oxidation sites excluding steroid dienone is 2. The molecule has 1 aliphatic carbocycles. The Morgan fingerprint density at radius 2 is 2.31 bits per heavy atom. The smallest absolute Gasteiger partial charge is 0.303 e. The molecule has 0 aromatic rings. The van der Waals surface area contributed by atoms with E-state index in [1.165, 1.54) is 12.2 Å². The SMILES string of the molecule is [2H]C1=C(CCC(=O)O)[C@H](O)[C@H](O)C=C1. The van der Waals surface area contributed by atoms with E-state index in [1.54, 1.807) is 0 Å². The minimum atomic E-state index is -1.15. The van der Waals surface area contributed by atoms with Crippen molar-refractivity contribution in [2.24, 2.45) is 0 Å². The molecular weight excluding hydrogens is 172 g/mol. The van der Waals surface area contributed by atoms with Crippen molar-refractivity contribution >= 4 is 5.97 Å². The number of carbonyl (C=O) groups is 1. The van der Waals surface area contributed by atoms with Crippen LogP contribution in [0.2, 0.25) is 0 Å². The Labute approximate surface area is 77.2 Å². The molecular formula is C9H12O4. The van der Waals surface area contributed by atoms with Gasteiger partial charge in [0.05, 0.1) is 1.37 Å². The molecule has 4 heteroatoms. The molecule has 0 amide bonds. The van der Waals surface area contributed by atoms with Crippen LogP contribution in [-0.2, 0) is 4.79 Å². The van der Waals surface area contributed by atoms with Crippen LogP contribution in [0.15, 0.2) is 23.8 Å². The minimum Gasteiger partial charge on any atom is -0.481 e. The molecule has 0 radical (unpaired) electrons. The molecule has 3 N–H and O–H groups in total. The number of carboxylic acids is 1. The van der Waals surface area contributed by atoms with Crippen LogP contribution in [0, 0.1) is 0 Å². The van der Waals surface area contributed by atoms with Gasteiger partial charge in [0.1, 0.15) is 12.2 Å². The fraction of sp³-hybridized carbons (Fsp3) is 0.444. The van der Waals surface area contributed by atoms with Crippen molar-refractivity contribution < 1.29 is 21.5 Å². The number of aliphatic hydroxyl groups excluding tert-OH is 2. The Kier molecular flexibility index (Phi) is 2.74. The van der Waals surface area contributed by atoms with E-state index in [4.69, 9.17) is 6.48 Å². The Morgan fingerprint density at radius 3 is 2.92 bits per heavy atom. The molecule has 0 heterocycles. The first-order valence-electron chi connectivity index (χ1n) is 4.48. The molecule has 0 aromatic carbocycles. The zero-order valence-corrected chi connectivity index (χ0v) is 6.97. The standard InChI is InChI=1S/C9H12O4/c10-7-3-1-2-6(9(7)13)4-5-8(11)12/h1-3,7,9-10,13H,4-5H2,(H,11,12)/t7-,9+/m1/s1/i2D. The molecule has 0 saturated carbocycles. The van der Waals surface area contributed by atoms with Crippen LogP contribution in [0.25, 0.3) is 0 Å². The summed E-state index contributed by atoms with van der Waals surface area (Å²) in [6, 6.07) is 0.0871. The van der Waals surface area contributed by atoms with E-state index in [-0.39, 0.29) is 24.5 Å². The third kappa shape index (κ3) is 2.68. The Balaban J connectivity index is 2.72. The summed E-state index contributed by atoms with van der Waals surface area (Å²) in [7, 11) is 0. The van der Waals surface area contributed by atoms with E-state index < -0.39 is 18.2 Å². The highest BCUT2D eigenvalue weighted by molar-refractivity contribution is 5.67. The molecule has 2 atom stereocenters. The van der Waals surface area contributed by atoms with Crippen LogP contribution >= 0.6 is 0 Å². The molecule has 13 heavy (non-hydrogen) atoms. The number of rotatable bonds is 3. The van der Waals surface area contributed by atoms with Crippen molar-refractivity contribution in [1.29, 1.82) is 0 Å². The van der Waals surface area contributed by atoms with E-state index in [1.807, 2.05) is 0 Å². The molecule has 0 saturated heterocycles. The van der Waals surface area contributed by atoms with Crippen LogP contribution in [-0.4, -0.2) is 33.5 Å². The Hall–Kier alpha value is -1.13. The summed E-state index contributed by atoms with van der Waals surface area (Å²) in [6.07, 6.45) is 0.456. The average Bonchev–Trinajstić information content (AvgIpc) is 2.11. The molecule has 1 aliphatic rings. The molecule has 0 unspecified atom stereocenters. The van der Waals surface area contributed by atoms with Gasteiger partial charge in [-0.3, -0.25) is 4.79 Å². The van der Waals surface area contributed by atoms with E-state index in [9.17, 15) is 15.0 Å². The highest BCUT2D eigenvalue weighted by Crippen LogP contribution is 2.18. The monoisotopic (exact) mass is 185 g/mol. The van der Waals surface area contributed by atoms with Crippen LogP contribution < -0.4 is 0 Å². The fourth-order valence-corrected chi connectivity index (χ4v) is 1.11. The van der Waals surface area contributed by atoms with E-state index in [0.29, 0.717) is 0 Å². The van der Waals surface area contributed by atoms with Gasteiger partial charge in [0, 0.05) is 6.42 Å². The summed E-state index contributed by atoms with van der Waals surface area (Å²) in [5, 5.41) is 27.1. The second-order valence-corrected chi connectivity index (χ2v) is 2.86. The number of carboxylic acid groups (broad SMARTS) is 1. The van der Waals surface area contributed by atoms with Gasteiger partial charge in [-0.25, -0.2) is 0 Å².